The van der Waals surface area contributed by atoms with Crippen molar-refractivity contribution in [3.05, 3.63) is 12.0 Å². The van der Waals surface area contributed by atoms with Crippen molar-refractivity contribution in [1.82, 2.24) is 9.97 Å². The van der Waals surface area contributed by atoms with Gasteiger partial charge in [0.2, 0.25) is 0 Å². The Bertz CT molecular complexity index is 757. The molecule has 0 amide bonds. The van der Waals surface area contributed by atoms with E-state index >= 15 is 0 Å². The van der Waals surface area contributed by atoms with Gasteiger partial charge in [-0.2, -0.15) is 11.8 Å². The first-order chi connectivity index (χ1) is 11.4. The number of aliphatic imine (C=N–C) groups is 1. The zero-order valence-electron chi connectivity index (χ0n) is 13.9. The maximum absolute atomic E-state index is 6.53. The summed E-state index contributed by atoms with van der Waals surface area (Å²) in [5.74, 6) is 0.679. The number of hydrogen-bond acceptors (Lipinski definition) is 8. The first-order valence-corrected chi connectivity index (χ1v) is 9.50. The lowest BCUT2D eigenvalue weighted by atomic mass is 9.94. The molecule has 1 aromatic rings. The van der Waals surface area contributed by atoms with Gasteiger partial charge in [0.05, 0.1) is 17.2 Å². The molecule has 3 aliphatic heterocycles. The normalized spacial score (nSPS) is 43.5. The second-order valence-corrected chi connectivity index (χ2v) is 8.30. The molecule has 4 heterocycles. The van der Waals surface area contributed by atoms with Crippen LogP contribution in [0.25, 0.3) is 0 Å². The number of rotatable bonds is 2. The molecular weight excluding hydrogens is 328 g/mol. The molecule has 2 unspecified atom stereocenters. The molecular formula is C16H20N4O3S. The first kappa shape index (κ1) is 15.1. The van der Waals surface area contributed by atoms with Crippen LogP contribution in [0.4, 0.5) is 11.5 Å². The van der Waals surface area contributed by atoms with Gasteiger partial charge in [0.1, 0.15) is 29.8 Å². The highest BCUT2D eigenvalue weighted by molar-refractivity contribution is 7.98. The lowest BCUT2D eigenvalue weighted by Gasteiger charge is -2.26. The van der Waals surface area contributed by atoms with E-state index in [9.17, 15) is 0 Å². The summed E-state index contributed by atoms with van der Waals surface area (Å²) in [5.41, 5.74) is 6.64. The van der Waals surface area contributed by atoms with E-state index in [2.05, 4.69) is 21.2 Å². The van der Waals surface area contributed by atoms with E-state index in [-0.39, 0.29) is 23.7 Å². The van der Waals surface area contributed by atoms with E-state index in [0.717, 1.165) is 17.9 Å². The van der Waals surface area contributed by atoms with Crippen LogP contribution in [0.1, 0.15) is 26.0 Å². The molecule has 1 saturated carbocycles. The molecule has 8 heteroatoms. The number of aromatic nitrogens is 2. The predicted octanol–water partition coefficient (Wildman–Crippen LogP) is 1.44. The Morgan fingerprint density at radius 1 is 1.29 bits per heavy atom. The molecule has 4 aliphatic rings. The van der Waals surface area contributed by atoms with Gasteiger partial charge >= 0.3 is 0 Å². The van der Waals surface area contributed by atoms with Gasteiger partial charge in [-0.15, -0.1) is 0 Å². The summed E-state index contributed by atoms with van der Waals surface area (Å²) < 4.78 is 19.0. The number of anilines is 1. The van der Waals surface area contributed by atoms with Crippen molar-refractivity contribution in [2.24, 2.45) is 4.99 Å². The van der Waals surface area contributed by atoms with Crippen LogP contribution in [-0.2, 0) is 19.6 Å². The van der Waals surface area contributed by atoms with E-state index in [4.69, 9.17) is 19.9 Å². The van der Waals surface area contributed by atoms with Crippen molar-refractivity contribution in [2.45, 2.75) is 55.4 Å². The SMILES string of the molecule is CSC[C@H]1OC2(CC23C=Nc2c(N)ncnc23)[C@@H]2OC(C)(C)O[C@@H]21. The van der Waals surface area contributed by atoms with Gasteiger partial charge in [0.25, 0.3) is 0 Å². The Morgan fingerprint density at radius 3 is 2.92 bits per heavy atom. The first-order valence-electron chi connectivity index (χ1n) is 8.11. The highest BCUT2D eigenvalue weighted by Crippen LogP contribution is 2.70. The Balaban J connectivity index is 1.57. The van der Waals surface area contributed by atoms with E-state index in [0.29, 0.717) is 11.5 Å². The van der Waals surface area contributed by atoms with E-state index in [1.54, 1.807) is 11.8 Å². The van der Waals surface area contributed by atoms with Gasteiger partial charge in [0.15, 0.2) is 11.6 Å². The minimum Gasteiger partial charge on any atom is -0.382 e. The van der Waals surface area contributed by atoms with Crippen LogP contribution in [0.5, 0.6) is 0 Å². The fourth-order valence-corrected chi connectivity index (χ4v) is 5.10. The fourth-order valence-electron chi connectivity index (χ4n) is 4.51. The van der Waals surface area contributed by atoms with Gasteiger partial charge in [-0.05, 0) is 26.5 Å². The number of ether oxygens (including phenoxy) is 3. The lowest BCUT2D eigenvalue weighted by molar-refractivity contribution is -0.190. The largest absolute Gasteiger partial charge is 0.382 e. The molecule has 24 heavy (non-hydrogen) atoms. The van der Waals surface area contributed by atoms with Crippen LogP contribution in [-0.4, -0.2) is 57.9 Å². The molecule has 5 atom stereocenters. The van der Waals surface area contributed by atoms with Gasteiger partial charge in [-0.25, -0.2) is 9.97 Å². The van der Waals surface area contributed by atoms with Gasteiger partial charge in [-0.1, -0.05) is 0 Å². The molecule has 2 spiro atoms. The van der Waals surface area contributed by atoms with Crippen LogP contribution in [0.3, 0.4) is 0 Å². The van der Waals surface area contributed by atoms with E-state index < -0.39 is 11.4 Å². The topological polar surface area (TPSA) is 91.9 Å². The zero-order valence-corrected chi connectivity index (χ0v) is 14.7. The second kappa shape index (κ2) is 4.49. The molecule has 128 valence electrons. The molecule has 0 aromatic carbocycles. The maximum atomic E-state index is 6.53. The molecule has 2 N–H and O–H groups in total. The van der Waals surface area contributed by atoms with Crippen molar-refractivity contribution >= 4 is 29.5 Å². The van der Waals surface area contributed by atoms with Crippen LogP contribution in [0.2, 0.25) is 0 Å². The number of nitrogens with two attached hydrogens (primary N) is 1. The van der Waals surface area contributed by atoms with Crippen molar-refractivity contribution < 1.29 is 14.2 Å². The Hall–Kier alpha value is -1.22. The van der Waals surface area contributed by atoms with Gasteiger partial charge in [-0.3, -0.25) is 4.99 Å². The maximum Gasteiger partial charge on any atom is 0.164 e. The fraction of sp³-hybridized carbons (Fsp3) is 0.688. The van der Waals surface area contributed by atoms with Crippen LogP contribution in [0.15, 0.2) is 11.3 Å². The van der Waals surface area contributed by atoms with E-state index in [1.165, 1.54) is 6.33 Å². The summed E-state index contributed by atoms with van der Waals surface area (Å²) in [4.78, 5) is 13.0. The second-order valence-electron chi connectivity index (χ2n) is 7.38. The molecule has 1 aromatic heterocycles. The van der Waals surface area contributed by atoms with Crippen molar-refractivity contribution in [3.8, 4) is 0 Å². The van der Waals surface area contributed by atoms with E-state index in [1.807, 2.05) is 20.1 Å². The molecule has 2 saturated heterocycles. The average Bonchev–Trinajstić information content (AvgIpc) is 2.75. The van der Waals surface area contributed by atoms with Crippen LogP contribution < -0.4 is 5.73 Å². The summed E-state index contributed by atoms with van der Waals surface area (Å²) in [6, 6.07) is 0. The summed E-state index contributed by atoms with van der Waals surface area (Å²) in [5, 5.41) is 0. The molecule has 3 fully saturated rings. The van der Waals surface area contributed by atoms with Crippen molar-refractivity contribution in [2.75, 3.05) is 17.7 Å². The Labute approximate surface area is 144 Å². The number of nitrogen functional groups attached to an aromatic ring is 1. The van der Waals surface area contributed by atoms with Gasteiger partial charge in [0, 0.05) is 12.0 Å². The predicted molar refractivity (Wildman–Crippen MR) is 90.7 cm³/mol. The monoisotopic (exact) mass is 348 g/mol. The van der Waals surface area contributed by atoms with Crippen LogP contribution in [0, 0.1) is 0 Å². The van der Waals surface area contributed by atoms with Crippen molar-refractivity contribution in [1.29, 1.82) is 0 Å². The molecule has 7 nitrogen and oxygen atoms in total. The highest BCUT2D eigenvalue weighted by Gasteiger charge is 2.82. The molecule has 1 aliphatic carbocycles. The minimum absolute atomic E-state index is 0.00258. The number of thioether (sulfide) groups is 1. The Morgan fingerprint density at radius 2 is 2.12 bits per heavy atom. The Kier molecular flexibility index (Phi) is 2.82. The van der Waals surface area contributed by atoms with Gasteiger partial charge < -0.3 is 19.9 Å². The standard InChI is InChI=1S/C16H20N4O3S/c1-14(2)22-10-8(4-24-3)21-16(12(10)23-14)5-15(16)6-18-9-11(15)19-7-20-13(9)17/h6-8,10,12H,4-5H2,1-3H3,(H2,17,19,20)/t8-,10-,12-,15?,16?/m1/s1. The number of fused-ring (bicyclic) bond motifs is 5. The molecule has 0 radical (unpaired) electrons. The summed E-state index contributed by atoms with van der Waals surface area (Å²) >= 11 is 1.76. The minimum atomic E-state index is -0.601. The molecule has 0 bridgehead atoms. The number of nitrogens with zero attached hydrogens (tertiary/aromatic N) is 3. The lowest BCUT2D eigenvalue weighted by Crippen LogP contribution is -2.38. The average molecular weight is 348 g/mol. The quantitative estimate of drug-likeness (QED) is 0.864. The van der Waals surface area contributed by atoms with Crippen LogP contribution >= 0.6 is 11.8 Å². The highest BCUT2D eigenvalue weighted by atomic mass is 32.2. The third-order valence-electron chi connectivity index (χ3n) is 5.51. The third-order valence-corrected chi connectivity index (χ3v) is 6.17. The summed E-state index contributed by atoms with van der Waals surface area (Å²) in [6.45, 7) is 3.92. The summed E-state index contributed by atoms with van der Waals surface area (Å²) in [7, 11) is 0. The number of hydrogen-bond donors (Lipinski definition) is 1. The summed E-state index contributed by atoms with van der Waals surface area (Å²) in [6.07, 6.45) is 6.10. The third kappa shape index (κ3) is 1.67. The smallest absolute Gasteiger partial charge is 0.164 e. The van der Waals surface area contributed by atoms with Crippen molar-refractivity contribution in [3.63, 3.8) is 0 Å². The molecule has 5 rings (SSSR count). The zero-order chi connectivity index (χ0) is 16.7.